The second-order valence-corrected chi connectivity index (χ2v) is 9.33. The third-order valence-electron chi connectivity index (χ3n) is 5.50. The summed E-state index contributed by atoms with van der Waals surface area (Å²) >= 11 is 0. The fraction of sp³-hybridized carbons (Fsp3) is 0.227. The van der Waals surface area contributed by atoms with Gasteiger partial charge in [0.2, 0.25) is 10.0 Å². The van der Waals surface area contributed by atoms with Gasteiger partial charge in [0.15, 0.2) is 0 Å². The van der Waals surface area contributed by atoms with Crippen LogP contribution in [0.2, 0.25) is 0 Å². The first-order valence-electron chi connectivity index (χ1n) is 9.74. The summed E-state index contributed by atoms with van der Waals surface area (Å²) < 4.78 is 27.8. The molecule has 1 saturated heterocycles. The number of nitrogens with one attached hydrogen (secondary N) is 1. The van der Waals surface area contributed by atoms with Gasteiger partial charge in [-0.1, -0.05) is 42.5 Å². The molecular weight excluding hydrogens is 384 g/mol. The number of piperazine rings is 1. The number of H-pyrrole nitrogens is 1. The summed E-state index contributed by atoms with van der Waals surface area (Å²) in [6, 6.07) is 21.1. The van der Waals surface area contributed by atoms with Crippen molar-refractivity contribution in [2.45, 2.75) is 11.4 Å². The Balaban J connectivity index is 1.28. The van der Waals surface area contributed by atoms with Crippen LogP contribution in [-0.4, -0.2) is 53.8 Å². The molecule has 7 heteroatoms. The fourth-order valence-electron chi connectivity index (χ4n) is 3.90. The van der Waals surface area contributed by atoms with E-state index in [-0.39, 0.29) is 0 Å². The van der Waals surface area contributed by atoms with E-state index >= 15 is 0 Å². The number of imidazole rings is 1. The molecule has 0 aliphatic carbocycles. The molecular formula is C22H22N4O2S. The zero-order chi connectivity index (χ0) is 19.8. The number of para-hydroxylation sites is 2. The van der Waals surface area contributed by atoms with Crippen molar-refractivity contribution in [1.29, 1.82) is 0 Å². The lowest BCUT2D eigenvalue weighted by Gasteiger charge is -2.33. The summed E-state index contributed by atoms with van der Waals surface area (Å²) in [6.07, 6.45) is 0. The molecule has 5 rings (SSSR count). The van der Waals surface area contributed by atoms with Crippen molar-refractivity contribution < 1.29 is 8.42 Å². The Labute approximate surface area is 169 Å². The first-order chi connectivity index (χ1) is 14.1. The molecule has 1 N–H and O–H groups in total. The van der Waals surface area contributed by atoms with Gasteiger partial charge in [-0.05, 0) is 35.0 Å². The largest absolute Gasteiger partial charge is 0.341 e. The van der Waals surface area contributed by atoms with E-state index < -0.39 is 10.0 Å². The smallest absolute Gasteiger partial charge is 0.243 e. The number of sulfonamides is 1. The van der Waals surface area contributed by atoms with Gasteiger partial charge >= 0.3 is 0 Å². The second-order valence-electron chi connectivity index (χ2n) is 7.39. The van der Waals surface area contributed by atoms with Crippen molar-refractivity contribution in [2.75, 3.05) is 26.2 Å². The molecule has 0 bridgehead atoms. The van der Waals surface area contributed by atoms with Crippen LogP contribution in [-0.2, 0) is 16.6 Å². The highest BCUT2D eigenvalue weighted by molar-refractivity contribution is 7.89. The average Bonchev–Trinajstić information content (AvgIpc) is 3.16. The van der Waals surface area contributed by atoms with Gasteiger partial charge < -0.3 is 4.98 Å². The topological polar surface area (TPSA) is 69.3 Å². The molecule has 1 aliphatic rings. The van der Waals surface area contributed by atoms with E-state index in [9.17, 15) is 8.42 Å². The normalized spacial score (nSPS) is 16.6. The zero-order valence-electron chi connectivity index (χ0n) is 16.0. The van der Waals surface area contributed by atoms with Crippen LogP contribution in [0.1, 0.15) is 5.82 Å². The lowest BCUT2D eigenvalue weighted by atomic mass is 10.1. The Morgan fingerprint density at radius 3 is 2.38 bits per heavy atom. The molecule has 3 aromatic carbocycles. The van der Waals surface area contributed by atoms with Crippen LogP contribution in [0.3, 0.4) is 0 Å². The molecule has 1 aromatic heterocycles. The minimum absolute atomic E-state index is 0.363. The van der Waals surface area contributed by atoms with Crippen molar-refractivity contribution in [3.05, 3.63) is 72.6 Å². The van der Waals surface area contributed by atoms with Crippen LogP contribution < -0.4 is 0 Å². The molecule has 4 aromatic rings. The standard InChI is InChI=1S/C22H22N4O2S/c27-29(28,19-10-9-17-5-1-2-6-18(17)15-19)26-13-11-25(12-14-26)16-22-23-20-7-3-4-8-21(20)24-22/h1-10,15H,11-14,16H2,(H,23,24). The van der Waals surface area contributed by atoms with Crippen LogP contribution in [0.5, 0.6) is 0 Å². The van der Waals surface area contributed by atoms with Crippen LogP contribution in [0.4, 0.5) is 0 Å². The maximum Gasteiger partial charge on any atom is 0.243 e. The van der Waals surface area contributed by atoms with E-state index in [1.165, 1.54) is 0 Å². The van der Waals surface area contributed by atoms with Gasteiger partial charge in [-0.25, -0.2) is 13.4 Å². The summed E-state index contributed by atoms with van der Waals surface area (Å²) in [5.41, 5.74) is 1.99. The molecule has 29 heavy (non-hydrogen) atoms. The minimum atomic E-state index is -3.49. The van der Waals surface area contributed by atoms with Crippen molar-refractivity contribution in [3.8, 4) is 0 Å². The summed E-state index contributed by atoms with van der Waals surface area (Å²) in [5.74, 6) is 0.914. The van der Waals surface area contributed by atoms with E-state index in [4.69, 9.17) is 0 Å². The van der Waals surface area contributed by atoms with E-state index in [1.54, 1.807) is 16.4 Å². The molecule has 1 aliphatic heterocycles. The van der Waals surface area contributed by atoms with Gasteiger partial charge in [-0.2, -0.15) is 4.31 Å². The van der Waals surface area contributed by atoms with E-state index in [2.05, 4.69) is 14.9 Å². The average molecular weight is 407 g/mol. The Morgan fingerprint density at radius 2 is 1.59 bits per heavy atom. The van der Waals surface area contributed by atoms with Gasteiger partial charge in [-0.3, -0.25) is 4.90 Å². The Kier molecular flexibility index (Phi) is 4.58. The monoisotopic (exact) mass is 406 g/mol. The fourth-order valence-corrected chi connectivity index (χ4v) is 5.36. The Hall–Kier alpha value is -2.74. The zero-order valence-corrected chi connectivity index (χ0v) is 16.8. The quantitative estimate of drug-likeness (QED) is 0.565. The maximum atomic E-state index is 13.1. The van der Waals surface area contributed by atoms with E-state index in [1.807, 2.05) is 54.6 Å². The van der Waals surface area contributed by atoms with Crippen LogP contribution >= 0.6 is 0 Å². The summed E-state index contributed by atoms with van der Waals surface area (Å²) in [4.78, 5) is 10.6. The molecule has 2 heterocycles. The predicted molar refractivity (Wildman–Crippen MR) is 114 cm³/mol. The number of hydrogen-bond acceptors (Lipinski definition) is 4. The molecule has 0 radical (unpaired) electrons. The van der Waals surface area contributed by atoms with Crippen molar-refractivity contribution >= 4 is 31.8 Å². The maximum absolute atomic E-state index is 13.1. The SMILES string of the molecule is O=S(=O)(c1ccc2ccccc2c1)N1CCN(Cc2nc3ccccc3[nH]2)CC1. The predicted octanol–water partition coefficient (Wildman–Crippen LogP) is 3.22. The van der Waals surface area contributed by atoms with E-state index in [0.29, 0.717) is 37.6 Å². The number of nitrogens with zero attached hydrogens (tertiary/aromatic N) is 3. The van der Waals surface area contributed by atoms with Crippen molar-refractivity contribution in [2.24, 2.45) is 0 Å². The molecule has 0 atom stereocenters. The molecule has 0 unspecified atom stereocenters. The Morgan fingerprint density at radius 1 is 0.862 bits per heavy atom. The highest BCUT2D eigenvalue weighted by Gasteiger charge is 2.28. The number of rotatable bonds is 4. The Bertz CT molecular complexity index is 1240. The second kappa shape index (κ2) is 7.26. The van der Waals surface area contributed by atoms with Crippen molar-refractivity contribution in [3.63, 3.8) is 0 Å². The number of aromatic amines is 1. The van der Waals surface area contributed by atoms with Gasteiger partial charge in [0.1, 0.15) is 5.82 Å². The van der Waals surface area contributed by atoms with Gasteiger partial charge in [0, 0.05) is 26.2 Å². The highest BCUT2D eigenvalue weighted by atomic mass is 32.2. The molecule has 6 nitrogen and oxygen atoms in total. The van der Waals surface area contributed by atoms with Crippen LogP contribution in [0, 0.1) is 0 Å². The first kappa shape index (κ1) is 18.3. The van der Waals surface area contributed by atoms with Crippen LogP contribution in [0.15, 0.2) is 71.6 Å². The molecule has 0 saturated carbocycles. The third-order valence-corrected chi connectivity index (χ3v) is 7.40. The van der Waals surface area contributed by atoms with Gasteiger partial charge in [0.05, 0.1) is 22.5 Å². The lowest BCUT2D eigenvalue weighted by Crippen LogP contribution is -2.48. The summed E-state index contributed by atoms with van der Waals surface area (Å²) in [7, 11) is -3.49. The summed E-state index contributed by atoms with van der Waals surface area (Å²) in [5, 5.41) is 1.99. The summed E-state index contributed by atoms with van der Waals surface area (Å²) in [6.45, 7) is 3.02. The molecule has 0 spiro atoms. The third kappa shape index (κ3) is 3.53. The first-order valence-corrected chi connectivity index (χ1v) is 11.2. The number of benzene rings is 3. The highest BCUT2D eigenvalue weighted by Crippen LogP contribution is 2.23. The lowest BCUT2D eigenvalue weighted by molar-refractivity contribution is 0.178. The molecule has 0 amide bonds. The van der Waals surface area contributed by atoms with Crippen LogP contribution in [0.25, 0.3) is 21.8 Å². The molecule has 148 valence electrons. The number of hydrogen-bond donors (Lipinski definition) is 1. The van der Waals surface area contributed by atoms with E-state index in [0.717, 1.165) is 27.6 Å². The number of aromatic nitrogens is 2. The van der Waals surface area contributed by atoms with Crippen molar-refractivity contribution in [1.82, 2.24) is 19.2 Å². The minimum Gasteiger partial charge on any atom is -0.341 e. The number of fused-ring (bicyclic) bond motifs is 2. The van der Waals surface area contributed by atoms with Gasteiger partial charge in [0.25, 0.3) is 0 Å². The van der Waals surface area contributed by atoms with Gasteiger partial charge in [-0.15, -0.1) is 0 Å². The molecule has 1 fully saturated rings.